The zero-order valence-corrected chi connectivity index (χ0v) is 8.75. The van der Waals surface area contributed by atoms with Crippen LogP contribution >= 0.6 is 0 Å². The van der Waals surface area contributed by atoms with Crippen molar-refractivity contribution in [2.45, 2.75) is 6.92 Å². The molecule has 3 nitrogen and oxygen atoms in total. The highest BCUT2D eigenvalue weighted by Gasteiger charge is 2.09. The van der Waals surface area contributed by atoms with E-state index in [2.05, 4.69) is 10.3 Å². The second-order valence-electron chi connectivity index (χ2n) is 3.52. The molecular formula is C12H11FN2O. The number of H-pyrrole nitrogens is 1. The van der Waals surface area contributed by atoms with Gasteiger partial charge in [-0.25, -0.2) is 4.39 Å². The Morgan fingerprint density at radius 1 is 1.38 bits per heavy atom. The van der Waals surface area contributed by atoms with Crippen molar-refractivity contribution in [1.29, 1.82) is 0 Å². The lowest BCUT2D eigenvalue weighted by molar-refractivity contribution is 0.102. The second-order valence-corrected chi connectivity index (χ2v) is 3.52. The molecule has 0 bridgehead atoms. The molecule has 2 aromatic rings. The van der Waals surface area contributed by atoms with Crippen molar-refractivity contribution >= 4 is 11.6 Å². The summed E-state index contributed by atoms with van der Waals surface area (Å²) in [6.45, 7) is 1.79. The Morgan fingerprint density at radius 2 is 2.19 bits per heavy atom. The van der Waals surface area contributed by atoms with E-state index in [0.717, 1.165) is 5.56 Å². The summed E-state index contributed by atoms with van der Waals surface area (Å²) in [7, 11) is 0. The summed E-state index contributed by atoms with van der Waals surface area (Å²) in [5, 5.41) is 2.49. The Morgan fingerprint density at radius 3 is 2.81 bits per heavy atom. The van der Waals surface area contributed by atoms with Crippen LogP contribution in [-0.4, -0.2) is 10.9 Å². The van der Waals surface area contributed by atoms with Crippen LogP contribution in [0.1, 0.15) is 16.1 Å². The van der Waals surface area contributed by atoms with Gasteiger partial charge in [0.05, 0.1) is 5.69 Å². The quantitative estimate of drug-likeness (QED) is 0.799. The molecule has 16 heavy (non-hydrogen) atoms. The summed E-state index contributed by atoms with van der Waals surface area (Å²) in [6, 6.07) is 8.01. The van der Waals surface area contributed by atoms with Crippen molar-refractivity contribution in [3.8, 4) is 0 Å². The molecule has 2 N–H and O–H groups in total. The van der Waals surface area contributed by atoms with Gasteiger partial charge in [-0.3, -0.25) is 4.79 Å². The van der Waals surface area contributed by atoms with Gasteiger partial charge in [-0.05, 0) is 36.8 Å². The molecule has 4 heteroatoms. The molecule has 1 aromatic carbocycles. The van der Waals surface area contributed by atoms with E-state index in [1.54, 1.807) is 37.4 Å². The molecule has 0 radical (unpaired) electrons. The standard InChI is InChI=1S/C12H11FN2O/c1-8-4-5-10(9(13)7-8)15-12(16)11-3-2-6-14-11/h2-7,14H,1H3,(H,15,16). The highest BCUT2D eigenvalue weighted by Crippen LogP contribution is 2.15. The van der Waals surface area contributed by atoms with Crippen molar-refractivity contribution < 1.29 is 9.18 Å². The van der Waals surface area contributed by atoms with Crippen LogP contribution in [0.25, 0.3) is 0 Å². The van der Waals surface area contributed by atoms with E-state index in [4.69, 9.17) is 0 Å². The fourth-order valence-corrected chi connectivity index (χ4v) is 1.38. The molecule has 0 atom stereocenters. The third kappa shape index (κ3) is 2.11. The first-order chi connectivity index (χ1) is 7.66. The number of carbonyl (C=O) groups is 1. The Bertz CT molecular complexity index is 506. The van der Waals surface area contributed by atoms with Crippen LogP contribution in [0.15, 0.2) is 36.5 Å². The van der Waals surface area contributed by atoms with Crippen LogP contribution < -0.4 is 5.32 Å². The second kappa shape index (κ2) is 4.18. The summed E-state index contributed by atoms with van der Waals surface area (Å²) in [5.41, 5.74) is 1.40. The van der Waals surface area contributed by atoms with Crippen molar-refractivity contribution in [2.24, 2.45) is 0 Å². The number of aryl methyl sites for hydroxylation is 1. The SMILES string of the molecule is Cc1ccc(NC(=O)c2ccc[nH]2)c(F)c1. The Labute approximate surface area is 92.3 Å². The number of hydrogen-bond acceptors (Lipinski definition) is 1. The molecule has 2 rings (SSSR count). The number of aromatic nitrogens is 1. The van der Waals surface area contributed by atoms with Gasteiger partial charge in [0.15, 0.2) is 0 Å². The van der Waals surface area contributed by atoms with Gasteiger partial charge in [0.25, 0.3) is 5.91 Å². The fraction of sp³-hybridized carbons (Fsp3) is 0.0833. The predicted molar refractivity (Wildman–Crippen MR) is 59.9 cm³/mol. The van der Waals surface area contributed by atoms with E-state index in [1.807, 2.05) is 0 Å². The highest BCUT2D eigenvalue weighted by molar-refractivity contribution is 6.02. The number of carbonyl (C=O) groups excluding carboxylic acids is 1. The lowest BCUT2D eigenvalue weighted by Gasteiger charge is -2.05. The number of halogens is 1. The Hall–Kier alpha value is -2.10. The average molecular weight is 218 g/mol. The number of amides is 1. The van der Waals surface area contributed by atoms with Gasteiger partial charge in [0.1, 0.15) is 11.5 Å². The molecule has 0 aliphatic heterocycles. The van der Waals surface area contributed by atoms with Crippen LogP contribution in [0.5, 0.6) is 0 Å². The van der Waals surface area contributed by atoms with E-state index in [9.17, 15) is 9.18 Å². The maximum absolute atomic E-state index is 13.4. The normalized spacial score (nSPS) is 10.1. The number of nitrogens with one attached hydrogen (secondary N) is 2. The molecule has 0 aliphatic rings. The van der Waals surface area contributed by atoms with Crippen LogP contribution in [0.3, 0.4) is 0 Å². The van der Waals surface area contributed by atoms with Gasteiger partial charge in [-0.2, -0.15) is 0 Å². The topological polar surface area (TPSA) is 44.9 Å². The lowest BCUT2D eigenvalue weighted by atomic mass is 10.2. The molecular weight excluding hydrogens is 207 g/mol. The van der Waals surface area contributed by atoms with E-state index in [-0.39, 0.29) is 11.6 Å². The van der Waals surface area contributed by atoms with Gasteiger partial charge in [-0.15, -0.1) is 0 Å². The summed E-state index contributed by atoms with van der Waals surface area (Å²) in [6.07, 6.45) is 1.64. The van der Waals surface area contributed by atoms with Crippen molar-refractivity contribution in [1.82, 2.24) is 4.98 Å². The first kappa shape index (κ1) is 10.4. The molecule has 1 heterocycles. The number of benzene rings is 1. The van der Waals surface area contributed by atoms with Crippen LogP contribution in [0, 0.1) is 12.7 Å². The van der Waals surface area contributed by atoms with Gasteiger partial charge >= 0.3 is 0 Å². The van der Waals surface area contributed by atoms with Crippen LogP contribution in [0.2, 0.25) is 0 Å². The first-order valence-corrected chi connectivity index (χ1v) is 4.88. The molecule has 1 amide bonds. The summed E-state index contributed by atoms with van der Waals surface area (Å²) in [5.74, 6) is -0.785. The van der Waals surface area contributed by atoms with Crippen molar-refractivity contribution in [2.75, 3.05) is 5.32 Å². The monoisotopic (exact) mass is 218 g/mol. The van der Waals surface area contributed by atoms with E-state index in [0.29, 0.717) is 5.69 Å². The zero-order chi connectivity index (χ0) is 11.5. The van der Waals surface area contributed by atoms with Gasteiger partial charge < -0.3 is 10.3 Å². The third-order valence-corrected chi connectivity index (χ3v) is 2.22. The minimum Gasteiger partial charge on any atom is -0.357 e. The Balaban J connectivity index is 2.18. The van der Waals surface area contributed by atoms with Crippen molar-refractivity contribution in [3.63, 3.8) is 0 Å². The first-order valence-electron chi connectivity index (χ1n) is 4.88. The van der Waals surface area contributed by atoms with Crippen LogP contribution in [-0.2, 0) is 0 Å². The molecule has 0 fully saturated rings. The minimum absolute atomic E-state index is 0.185. The Kier molecular flexibility index (Phi) is 2.72. The van der Waals surface area contributed by atoms with Gasteiger partial charge in [0, 0.05) is 6.20 Å². The smallest absolute Gasteiger partial charge is 0.272 e. The highest BCUT2D eigenvalue weighted by atomic mass is 19.1. The molecule has 82 valence electrons. The van der Waals surface area contributed by atoms with E-state index in [1.165, 1.54) is 6.07 Å². The zero-order valence-electron chi connectivity index (χ0n) is 8.75. The van der Waals surface area contributed by atoms with Crippen LogP contribution in [0.4, 0.5) is 10.1 Å². The molecule has 0 aliphatic carbocycles. The third-order valence-electron chi connectivity index (χ3n) is 2.22. The average Bonchev–Trinajstić information content (AvgIpc) is 2.75. The summed E-state index contributed by atoms with van der Waals surface area (Å²) < 4.78 is 13.4. The molecule has 1 aromatic heterocycles. The predicted octanol–water partition coefficient (Wildman–Crippen LogP) is 2.71. The van der Waals surface area contributed by atoms with E-state index < -0.39 is 5.82 Å². The molecule has 0 saturated heterocycles. The largest absolute Gasteiger partial charge is 0.357 e. The number of aromatic amines is 1. The molecule has 0 spiro atoms. The maximum atomic E-state index is 13.4. The van der Waals surface area contributed by atoms with Crippen molar-refractivity contribution in [3.05, 3.63) is 53.6 Å². The molecule has 0 saturated carbocycles. The number of anilines is 1. The summed E-state index contributed by atoms with van der Waals surface area (Å²) >= 11 is 0. The van der Waals surface area contributed by atoms with Gasteiger partial charge in [-0.1, -0.05) is 6.07 Å². The summed E-state index contributed by atoms with van der Waals surface area (Å²) in [4.78, 5) is 14.4. The number of hydrogen-bond donors (Lipinski definition) is 2. The molecule has 0 unspecified atom stereocenters. The minimum atomic E-state index is -0.431. The van der Waals surface area contributed by atoms with E-state index >= 15 is 0 Å². The lowest BCUT2D eigenvalue weighted by Crippen LogP contribution is -2.13. The maximum Gasteiger partial charge on any atom is 0.272 e. The van der Waals surface area contributed by atoms with Gasteiger partial charge in [0.2, 0.25) is 0 Å². The fourth-order valence-electron chi connectivity index (χ4n) is 1.38. The number of rotatable bonds is 2.